The summed E-state index contributed by atoms with van der Waals surface area (Å²) < 4.78 is 1.66. The fourth-order valence-electron chi connectivity index (χ4n) is 1.95. The van der Waals surface area contributed by atoms with Crippen LogP contribution in [0.25, 0.3) is 11.3 Å². The maximum Gasteiger partial charge on any atom is 0.113 e. The van der Waals surface area contributed by atoms with Crippen LogP contribution in [0.4, 0.5) is 0 Å². The second-order valence-electron chi connectivity index (χ2n) is 4.72. The first kappa shape index (κ1) is 13.7. The van der Waals surface area contributed by atoms with Gasteiger partial charge in [-0.25, -0.2) is 0 Å². The van der Waals surface area contributed by atoms with Crippen molar-refractivity contribution in [2.45, 2.75) is 32.4 Å². The van der Waals surface area contributed by atoms with Crippen molar-refractivity contribution in [3.8, 4) is 11.3 Å². The number of aliphatic hydroxyl groups is 1. The molecule has 1 aromatic carbocycles. The topological polar surface area (TPSA) is 77.0 Å². The van der Waals surface area contributed by atoms with Crippen molar-refractivity contribution in [1.82, 2.24) is 15.0 Å². The molecule has 1 atom stereocenters. The van der Waals surface area contributed by atoms with Crippen LogP contribution in [0.3, 0.4) is 0 Å². The maximum absolute atomic E-state index is 8.91. The summed E-state index contributed by atoms with van der Waals surface area (Å²) in [5, 5.41) is 17.1. The molecule has 1 aromatic heterocycles. The lowest BCUT2D eigenvalue weighted by Crippen LogP contribution is -2.30. The first-order chi connectivity index (χ1) is 9.22. The molecule has 0 saturated carbocycles. The summed E-state index contributed by atoms with van der Waals surface area (Å²) in [6.07, 6.45) is 4.09. The quantitative estimate of drug-likeness (QED) is 0.818. The molecule has 0 spiro atoms. The largest absolute Gasteiger partial charge is 0.395 e. The molecule has 0 aliphatic rings. The van der Waals surface area contributed by atoms with Gasteiger partial charge in [0, 0.05) is 11.6 Å². The first-order valence-electron chi connectivity index (χ1n) is 6.58. The van der Waals surface area contributed by atoms with Crippen molar-refractivity contribution in [2.75, 3.05) is 6.61 Å². The Labute approximate surface area is 113 Å². The van der Waals surface area contributed by atoms with Crippen molar-refractivity contribution >= 4 is 0 Å². The van der Waals surface area contributed by atoms with Crippen LogP contribution in [0.5, 0.6) is 0 Å². The maximum atomic E-state index is 8.91. The molecule has 0 fully saturated rings. The Kier molecular flexibility index (Phi) is 4.65. The van der Waals surface area contributed by atoms with Crippen molar-refractivity contribution in [3.05, 3.63) is 36.0 Å². The van der Waals surface area contributed by atoms with Gasteiger partial charge in [0.25, 0.3) is 0 Å². The number of aryl methyl sites for hydroxylation is 1. The van der Waals surface area contributed by atoms with Crippen LogP contribution in [-0.2, 0) is 13.0 Å². The fraction of sp³-hybridized carbons (Fsp3) is 0.429. The van der Waals surface area contributed by atoms with E-state index in [2.05, 4.69) is 41.5 Å². The minimum atomic E-state index is -0.304. The summed E-state index contributed by atoms with van der Waals surface area (Å²) in [6, 6.07) is 8.06. The molecule has 0 radical (unpaired) electrons. The second kappa shape index (κ2) is 6.45. The highest BCUT2D eigenvalue weighted by molar-refractivity contribution is 5.57. The van der Waals surface area contributed by atoms with Crippen molar-refractivity contribution in [3.63, 3.8) is 0 Å². The third-order valence-corrected chi connectivity index (χ3v) is 2.98. The van der Waals surface area contributed by atoms with Crippen LogP contribution in [0.15, 0.2) is 30.5 Å². The number of hydrogen-bond donors (Lipinski definition) is 2. The summed E-state index contributed by atoms with van der Waals surface area (Å²) in [7, 11) is 0. The molecule has 1 unspecified atom stereocenters. The van der Waals surface area contributed by atoms with Gasteiger partial charge >= 0.3 is 0 Å². The summed E-state index contributed by atoms with van der Waals surface area (Å²) in [5.41, 5.74) is 8.87. The van der Waals surface area contributed by atoms with Crippen LogP contribution in [-0.4, -0.2) is 32.7 Å². The molecule has 0 saturated heterocycles. The normalized spacial score (nSPS) is 12.6. The molecule has 0 aliphatic heterocycles. The van der Waals surface area contributed by atoms with Gasteiger partial charge in [-0.3, -0.25) is 4.68 Å². The number of benzene rings is 1. The molecule has 0 amide bonds. The van der Waals surface area contributed by atoms with E-state index in [0.29, 0.717) is 6.54 Å². The van der Waals surface area contributed by atoms with Gasteiger partial charge in [0.15, 0.2) is 0 Å². The van der Waals surface area contributed by atoms with Crippen molar-refractivity contribution in [1.29, 1.82) is 0 Å². The van der Waals surface area contributed by atoms with Gasteiger partial charge in [-0.2, -0.15) is 0 Å². The molecule has 3 N–H and O–H groups in total. The van der Waals surface area contributed by atoms with E-state index in [1.165, 1.54) is 5.56 Å². The zero-order valence-corrected chi connectivity index (χ0v) is 11.2. The monoisotopic (exact) mass is 260 g/mol. The molecule has 102 valence electrons. The molecular weight excluding hydrogens is 240 g/mol. The molecule has 5 nitrogen and oxygen atoms in total. The van der Waals surface area contributed by atoms with E-state index in [9.17, 15) is 0 Å². The van der Waals surface area contributed by atoms with Crippen LogP contribution in [0.2, 0.25) is 0 Å². The number of aromatic nitrogens is 3. The molecule has 1 heterocycles. The van der Waals surface area contributed by atoms with E-state index >= 15 is 0 Å². The summed E-state index contributed by atoms with van der Waals surface area (Å²) in [6.45, 7) is 2.59. The molecule has 2 aromatic rings. The minimum absolute atomic E-state index is 0.0547. The predicted octanol–water partition coefficient (Wildman–Crippen LogP) is 1.22. The Morgan fingerprint density at radius 2 is 2.05 bits per heavy atom. The van der Waals surface area contributed by atoms with E-state index in [-0.39, 0.29) is 12.6 Å². The number of nitrogens with two attached hydrogens (primary N) is 1. The molecule has 5 heteroatoms. The minimum Gasteiger partial charge on any atom is -0.395 e. The van der Waals surface area contributed by atoms with Crippen LogP contribution in [0.1, 0.15) is 18.9 Å². The van der Waals surface area contributed by atoms with Gasteiger partial charge in [-0.15, -0.1) is 5.10 Å². The van der Waals surface area contributed by atoms with Gasteiger partial charge < -0.3 is 10.8 Å². The predicted molar refractivity (Wildman–Crippen MR) is 74.5 cm³/mol. The standard InChI is InChI=1S/C14H20N4O/c1-2-3-11-4-6-12(7-5-11)14-9-18(17-16-14)8-13(15)10-19/h4-7,9,13,19H,2-3,8,10,15H2,1H3. The number of aliphatic hydroxyl groups excluding tert-OH is 1. The van der Waals surface area contributed by atoms with Crippen molar-refractivity contribution in [2.24, 2.45) is 5.73 Å². The Morgan fingerprint density at radius 3 is 2.68 bits per heavy atom. The van der Waals surface area contributed by atoms with E-state index in [4.69, 9.17) is 10.8 Å². The second-order valence-corrected chi connectivity index (χ2v) is 4.72. The highest BCUT2D eigenvalue weighted by atomic mass is 16.3. The van der Waals surface area contributed by atoms with Gasteiger partial charge in [0.05, 0.1) is 19.3 Å². The number of nitrogens with zero attached hydrogens (tertiary/aromatic N) is 3. The van der Waals surface area contributed by atoms with Crippen molar-refractivity contribution < 1.29 is 5.11 Å². The zero-order valence-electron chi connectivity index (χ0n) is 11.2. The highest BCUT2D eigenvalue weighted by Crippen LogP contribution is 2.17. The average Bonchev–Trinajstić information content (AvgIpc) is 2.88. The third-order valence-electron chi connectivity index (χ3n) is 2.98. The Bertz CT molecular complexity index is 506. The van der Waals surface area contributed by atoms with E-state index in [1.807, 2.05) is 6.20 Å². The Balaban J connectivity index is 2.09. The van der Waals surface area contributed by atoms with E-state index in [1.54, 1.807) is 4.68 Å². The lowest BCUT2D eigenvalue weighted by molar-refractivity contribution is 0.250. The molecular formula is C14H20N4O. The van der Waals surface area contributed by atoms with E-state index < -0.39 is 0 Å². The zero-order chi connectivity index (χ0) is 13.7. The van der Waals surface area contributed by atoms with Gasteiger partial charge in [-0.1, -0.05) is 42.8 Å². The molecule has 0 bridgehead atoms. The Morgan fingerprint density at radius 1 is 1.32 bits per heavy atom. The summed E-state index contributed by atoms with van der Waals surface area (Å²) >= 11 is 0. The highest BCUT2D eigenvalue weighted by Gasteiger charge is 2.07. The van der Waals surface area contributed by atoms with Crippen LogP contribution < -0.4 is 5.73 Å². The lowest BCUT2D eigenvalue weighted by Gasteiger charge is -2.06. The van der Waals surface area contributed by atoms with E-state index in [0.717, 1.165) is 24.1 Å². The smallest absolute Gasteiger partial charge is 0.113 e. The fourth-order valence-corrected chi connectivity index (χ4v) is 1.95. The molecule has 2 rings (SSSR count). The van der Waals surface area contributed by atoms with Gasteiger partial charge in [-0.05, 0) is 12.0 Å². The Hall–Kier alpha value is -1.72. The molecule has 19 heavy (non-hydrogen) atoms. The summed E-state index contributed by atoms with van der Waals surface area (Å²) in [4.78, 5) is 0. The van der Waals surface area contributed by atoms with Gasteiger partial charge in [0.1, 0.15) is 5.69 Å². The molecule has 0 aliphatic carbocycles. The number of rotatable bonds is 6. The SMILES string of the molecule is CCCc1ccc(-c2cn(CC(N)CO)nn2)cc1. The third kappa shape index (κ3) is 3.62. The summed E-state index contributed by atoms with van der Waals surface area (Å²) in [5.74, 6) is 0. The lowest BCUT2D eigenvalue weighted by atomic mass is 10.1. The number of hydrogen-bond acceptors (Lipinski definition) is 4. The van der Waals surface area contributed by atoms with Crippen LogP contribution >= 0.6 is 0 Å². The van der Waals surface area contributed by atoms with Crippen LogP contribution in [0, 0.1) is 0 Å². The first-order valence-corrected chi connectivity index (χ1v) is 6.58. The average molecular weight is 260 g/mol. The van der Waals surface area contributed by atoms with Gasteiger partial charge in [0.2, 0.25) is 0 Å².